The van der Waals surface area contributed by atoms with Gasteiger partial charge in [-0.2, -0.15) is 0 Å². The summed E-state index contributed by atoms with van der Waals surface area (Å²) in [6, 6.07) is 4.37. The number of hydrogen-bond acceptors (Lipinski definition) is 3. The van der Waals surface area contributed by atoms with Crippen LogP contribution in [0.1, 0.15) is 36.8 Å². The largest absolute Gasteiger partial charge is 0.381 e. The average Bonchev–Trinajstić information content (AvgIpc) is 2.45. The van der Waals surface area contributed by atoms with Crippen molar-refractivity contribution in [2.45, 2.75) is 51.2 Å². The molecule has 0 radical (unpaired) electrons. The molecule has 1 fully saturated rings. The molecule has 2 rings (SSSR count). The Morgan fingerprint density at radius 3 is 2.60 bits per heavy atom. The van der Waals surface area contributed by atoms with Gasteiger partial charge in [0.2, 0.25) is 0 Å². The van der Waals surface area contributed by atoms with Gasteiger partial charge in [-0.15, -0.1) is 0 Å². The molecule has 1 aromatic carbocycles. The molecule has 0 bridgehead atoms. The molecule has 20 heavy (non-hydrogen) atoms. The van der Waals surface area contributed by atoms with E-state index in [9.17, 15) is 0 Å². The Morgan fingerprint density at radius 1 is 1.40 bits per heavy atom. The number of nitrogens with two attached hydrogens (primary N) is 1. The van der Waals surface area contributed by atoms with E-state index in [1.807, 2.05) is 0 Å². The second kappa shape index (κ2) is 6.46. The second-order valence-electron chi connectivity index (χ2n) is 5.99. The Labute approximate surface area is 130 Å². The number of anilines is 1. The Hall–Kier alpha value is -0.580. The summed E-state index contributed by atoms with van der Waals surface area (Å²) in [7, 11) is 1.80. The molecule has 1 aliphatic carbocycles. The van der Waals surface area contributed by atoms with Crippen LogP contribution in [0.3, 0.4) is 0 Å². The van der Waals surface area contributed by atoms with Crippen LogP contribution >= 0.6 is 15.9 Å². The Kier molecular flexibility index (Phi) is 5.10. The van der Waals surface area contributed by atoms with E-state index < -0.39 is 0 Å². The summed E-state index contributed by atoms with van der Waals surface area (Å²) < 4.78 is 6.73. The van der Waals surface area contributed by atoms with E-state index in [1.165, 1.54) is 15.6 Å². The third kappa shape index (κ3) is 3.35. The van der Waals surface area contributed by atoms with E-state index in [2.05, 4.69) is 47.2 Å². The van der Waals surface area contributed by atoms with Gasteiger partial charge in [-0.3, -0.25) is 0 Å². The molecule has 0 heterocycles. The number of rotatable bonds is 4. The molecule has 1 aromatic rings. The topological polar surface area (TPSA) is 47.3 Å². The zero-order valence-corrected chi connectivity index (χ0v) is 14.2. The van der Waals surface area contributed by atoms with Gasteiger partial charge in [0.1, 0.15) is 0 Å². The molecular weight excluding hydrogens is 316 g/mol. The minimum absolute atomic E-state index is 0.0361. The van der Waals surface area contributed by atoms with Crippen LogP contribution in [0.15, 0.2) is 16.6 Å². The summed E-state index contributed by atoms with van der Waals surface area (Å²) in [6.45, 7) is 4.88. The van der Waals surface area contributed by atoms with Crippen LogP contribution in [0.4, 0.5) is 5.69 Å². The predicted molar refractivity (Wildman–Crippen MR) is 88.3 cm³/mol. The molecule has 4 heteroatoms. The summed E-state index contributed by atoms with van der Waals surface area (Å²) in [5.41, 5.74) is 9.70. The van der Waals surface area contributed by atoms with E-state index in [0.29, 0.717) is 12.6 Å². The van der Waals surface area contributed by atoms with Crippen molar-refractivity contribution in [2.24, 2.45) is 5.73 Å². The number of hydrogen-bond donors (Lipinski definition) is 2. The van der Waals surface area contributed by atoms with Crippen LogP contribution in [0.2, 0.25) is 0 Å². The molecule has 0 aliphatic heterocycles. The number of methoxy groups -OCH3 is 1. The number of halogens is 1. The number of benzene rings is 1. The van der Waals surface area contributed by atoms with Crippen LogP contribution in [0.25, 0.3) is 0 Å². The first kappa shape index (κ1) is 15.8. The molecule has 3 N–H and O–H groups in total. The smallest absolute Gasteiger partial charge is 0.0594 e. The second-order valence-corrected chi connectivity index (χ2v) is 6.78. The van der Waals surface area contributed by atoms with E-state index in [1.54, 1.807) is 7.11 Å². The first-order valence-electron chi connectivity index (χ1n) is 7.27. The van der Waals surface area contributed by atoms with Gasteiger partial charge in [-0.05, 0) is 62.8 Å². The van der Waals surface area contributed by atoms with Crippen LogP contribution in [0.5, 0.6) is 0 Å². The first-order chi connectivity index (χ1) is 9.49. The number of nitrogens with one attached hydrogen (secondary N) is 1. The SMILES string of the molecule is COC1CCCC(CN)(Nc2cc(C)c(Br)c(C)c2)C1. The molecule has 0 aromatic heterocycles. The highest BCUT2D eigenvalue weighted by molar-refractivity contribution is 9.10. The third-order valence-electron chi connectivity index (χ3n) is 4.37. The van der Waals surface area contributed by atoms with E-state index in [4.69, 9.17) is 10.5 Å². The van der Waals surface area contributed by atoms with E-state index >= 15 is 0 Å². The number of aryl methyl sites for hydroxylation is 2. The maximum absolute atomic E-state index is 6.08. The molecular formula is C16H25BrN2O. The highest BCUT2D eigenvalue weighted by Crippen LogP contribution is 2.34. The molecule has 1 saturated carbocycles. The normalized spacial score (nSPS) is 26.6. The molecule has 112 valence electrons. The lowest BCUT2D eigenvalue weighted by Crippen LogP contribution is -2.50. The monoisotopic (exact) mass is 340 g/mol. The van der Waals surface area contributed by atoms with Crippen LogP contribution in [0, 0.1) is 13.8 Å². The van der Waals surface area contributed by atoms with Gasteiger partial charge in [0, 0.05) is 23.8 Å². The standard InChI is InChI=1S/C16H25BrN2O/c1-11-7-13(8-12(2)15(11)17)19-16(10-18)6-4-5-14(9-16)20-3/h7-8,14,19H,4-6,9-10,18H2,1-3H3. The van der Waals surface area contributed by atoms with Gasteiger partial charge in [-0.25, -0.2) is 0 Å². The van der Waals surface area contributed by atoms with E-state index in [-0.39, 0.29) is 5.54 Å². The number of ether oxygens (including phenoxy) is 1. The Balaban J connectivity index is 2.21. The first-order valence-corrected chi connectivity index (χ1v) is 8.07. The lowest BCUT2D eigenvalue weighted by Gasteiger charge is -2.41. The van der Waals surface area contributed by atoms with Crippen molar-refractivity contribution in [3.8, 4) is 0 Å². The molecule has 0 saturated heterocycles. The molecule has 0 amide bonds. The minimum Gasteiger partial charge on any atom is -0.381 e. The van der Waals surface area contributed by atoms with Crippen LogP contribution in [-0.4, -0.2) is 25.3 Å². The van der Waals surface area contributed by atoms with Crippen molar-refractivity contribution in [3.63, 3.8) is 0 Å². The van der Waals surface area contributed by atoms with Gasteiger partial charge in [0.05, 0.1) is 11.6 Å². The summed E-state index contributed by atoms with van der Waals surface area (Å²) >= 11 is 3.62. The van der Waals surface area contributed by atoms with Crippen molar-refractivity contribution in [2.75, 3.05) is 19.0 Å². The van der Waals surface area contributed by atoms with Crippen molar-refractivity contribution >= 4 is 21.6 Å². The lowest BCUT2D eigenvalue weighted by molar-refractivity contribution is 0.0483. The van der Waals surface area contributed by atoms with Crippen molar-refractivity contribution in [1.29, 1.82) is 0 Å². The fourth-order valence-electron chi connectivity index (χ4n) is 3.18. The Morgan fingerprint density at radius 2 is 2.05 bits per heavy atom. The van der Waals surface area contributed by atoms with Gasteiger partial charge in [0.15, 0.2) is 0 Å². The van der Waals surface area contributed by atoms with Crippen molar-refractivity contribution in [1.82, 2.24) is 0 Å². The third-order valence-corrected chi connectivity index (χ3v) is 5.62. The van der Waals surface area contributed by atoms with Crippen molar-refractivity contribution < 1.29 is 4.74 Å². The van der Waals surface area contributed by atoms with Gasteiger partial charge in [-0.1, -0.05) is 15.9 Å². The van der Waals surface area contributed by atoms with Crippen molar-refractivity contribution in [3.05, 3.63) is 27.7 Å². The highest BCUT2D eigenvalue weighted by atomic mass is 79.9. The fourth-order valence-corrected chi connectivity index (χ4v) is 3.41. The molecule has 0 spiro atoms. The van der Waals surface area contributed by atoms with Gasteiger partial charge >= 0.3 is 0 Å². The quantitative estimate of drug-likeness (QED) is 0.877. The molecule has 3 nitrogen and oxygen atoms in total. The minimum atomic E-state index is -0.0361. The predicted octanol–water partition coefficient (Wildman–Crippen LogP) is 3.76. The Bertz CT molecular complexity index is 455. The summed E-state index contributed by atoms with van der Waals surface area (Å²) in [5.74, 6) is 0. The summed E-state index contributed by atoms with van der Waals surface area (Å²) in [5, 5.41) is 3.69. The van der Waals surface area contributed by atoms with Crippen LogP contribution in [-0.2, 0) is 4.74 Å². The zero-order valence-electron chi connectivity index (χ0n) is 12.6. The zero-order chi connectivity index (χ0) is 14.8. The average molecular weight is 341 g/mol. The molecule has 2 atom stereocenters. The van der Waals surface area contributed by atoms with E-state index in [0.717, 1.165) is 31.4 Å². The maximum atomic E-state index is 6.08. The maximum Gasteiger partial charge on any atom is 0.0594 e. The van der Waals surface area contributed by atoms with Gasteiger partial charge in [0.25, 0.3) is 0 Å². The van der Waals surface area contributed by atoms with Gasteiger partial charge < -0.3 is 15.8 Å². The highest BCUT2D eigenvalue weighted by Gasteiger charge is 2.35. The summed E-state index contributed by atoms with van der Waals surface area (Å²) in [6.07, 6.45) is 4.71. The molecule has 1 aliphatic rings. The molecule has 2 unspecified atom stereocenters. The summed E-state index contributed by atoms with van der Waals surface area (Å²) in [4.78, 5) is 0. The fraction of sp³-hybridized carbons (Fsp3) is 0.625. The van der Waals surface area contributed by atoms with Crippen LogP contribution < -0.4 is 11.1 Å². The lowest BCUT2D eigenvalue weighted by atomic mass is 9.79.